The molecular weight excluding hydrogens is 454 g/mol. The third-order valence-corrected chi connectivity index (χ3v) is 6.15. The van der Waals surface area contributed by atoms with Crippen molar-refractivity contribution in [1.29, 1.82) is 0 Å². The fourth-order valence-electron chi connectivity index (χ4n) is 4.49. The minimum Gasteiger partial charge on any atom is -0.493 e. The quantitative estimate of drug-likeness (QED) is 0.446. The summed E-state index contributed by atoms with van der Waals surface area (Å²) in [5.74, 6) is 1.19. The zero-order valence-electron chi connectivity index (χ0n) is 19.3. The van der Waals surface area contributed by atoms with Crippen LogP contribution in [0.5, 0.6) is 11.5 Å². The van der Waals surface area contributed by atoms with E-state index in [0.29, 0.717) is 58.6 Å². The Kier molecular flexibility index (Phi) is 5.94. The summed E-state index contributed by atoms with van der Waals surface area (Å²) in [6.45, 7) is 0.659. The predicted octanol–water partition coefficient (Wildman–Crippen LogP) is 4.11. The number of ether oxygens (including phenoxy) is 2. The maximum atomic E-state index is 14.5. The van der Waals surface area contributed by atoms with Crippen LogP contribution in [0.4, 0.5) is 14.6 Å². The van der Waals surface area contributed by atoms with Crippen LogP contribution in [0.1, 0.15) is 36.0 Å². The molecule has 0 radical (unpaired) electrons. The van der Waals surface area contributed by atoms with E-state index in [9.17, 15) is 8.78 Å². The van der Waals surface area contributed by atoms with Crippen LogP contribution in [0, 0.1) is 11.6 Å². The van der Waals surface area contributed by atoms with Gasteiger partial charge in [-0.3, -0.25) is 0 Å². The molecule has 4 aromatic rings. The number of pyridine rings is 1. The van der Waals surface area contributed by atoms with E-state index in [2.05, 4.69) is 9.97 Å². The van der Waals surface area contributed by atoms with Gasteiger partial charge in [-0.1, -0.05) is 0 Å². The lowest BCUT2D eigenvalue weighted by Crippen LogP contribution is -2.25. The molecule has 4 heterocycles. The number of nitrogens with two attached hydrogens (primary N) is 1. The first-order valence-electron chi connectivity index (χ1n) is 11.1. The molecule has 1 fully saturated rings. The van der Waals surface area contributed by atoms with Crippen molar-refractivity contribution in [2.75, 3.05) is 25.7 Å². The molecule has 1 saturated heterocycles. The van der Waals surface area contributed by atoms with Crippen molar-refractivity contribution in [2.24, 2.45) is 5.73 Å². The maximum Gasteiger partial charge on any atom is 0.177 e. The fraction of sp³-hybridized carbons (Fsp3) is 0.240. The van der Waals surface area contributed by atoms with Gasteiger partial charge < -0.3 is 24.5 Å². The minimum atomic E-state index is -0.468. The van der Waals surface area contributed by atoms with Crippen LogP contribution in [-0.2, 0) is 0 Å². The molecule has 3 aromatic heterocycles. The van der Waals surface area contributed by atoms with Gasteiger partial charge in [-0.05, 0) is 37.1 Å². The molecule has 180 valence electrons. The molecule has 1 aliphatic heterocycles. The Morgan fingerprint density at radius 1 is 1.09 bits per heavy atom. The van der Waals surface area contributed by atoms with E-state index in [1.54, 1.807) is 49.3 Å². The maximum absolute atomic E-state index is 14.5. The summed E-state index contributed by atoms with van der Waals surface area (Å²) in [4.78, 5) is 15.7. The summed E-state index contributed by atoms with van der Waals surface area (Å²) < 4.78 is 40.9. The van der Waals surface area contributed by atoms with Gasteiger partial charge in [0.1, 0.15) is 23.1 Å². The van der Waals surface area contributed by atoms with E-state index in [1.165, 1.54) is 12.3 Å². The molecule has 1 atom stereocenters. The molecule has 0 bridgehead atoms. The molecule has 35 heavy (non-hydrogen) atoms. The molecule has 1 aromatic carbocycles. The number of halogens is 2. The van der Waals surface area contributed by atoms with Crippen LogP contribution >= 0.6 is 0 Å². The van der Waals surface area contributed by atoms with Gasteiger partial charge in [-0.2, -0.15) is 0 Å². The van der Waals surface area contributed by atoms with E-state index in [-0.39, 0.29) is 6.04 Å². The number of hydrogen-bond acceptors (Lipinski definition) is 7. The number of aromatic nitrogens is 4. The average Bonchev–Trinajstić information content (AvgIpc) is 3.52. The topological polar surface area (TPSA) is 90.8 Å². The number of hydrogen-bond donors (Lipinski definition) is 1. The van der Waals surface area contributed by atoms with Crippen molar-refractivity contribution in [3.8, 4) is 11.5 Å². The number of fused-ring (bicyclic) bond motifs is 1. The standard InChI is InChI=1S/C25H24F2N6O2/c1-34-21-11-24-30-19(13-32(24)14-22(21)35-2)17(12-28)25-29-8-7-23(31-25)33-9-3-4-20(33)16-10-15(26)5-6-18(16)27/h5-8,10-14,20H,3-4,9,28H2,1-2H3. The summed E-state index contributed by atoms with van der Waals surface area (Å²) >= 11 is 0. The summed E-state index contributed by atoms with van der Waals surface area (Å²) in [7, 11) is 3.12. The number of anilines is 1. The Hall–Kier alpha value is -4.21. The highest BCUT2D eigenvalue weighted by Gasteiger charge is 2.30. The van der Waals surface area contributed by atoms with Gasteiger partial charge in [0, 0.05) is 36.8 Å². The third-order valence-electron chi connectivity index (χ3n) is 6.15. The molecule has 10 heteroatoms. The minimum absolute atomic E-state index is 0.320. The van der Waals surface area contributed by atoms with Crippen molar-refractivity contribution < 1.29 is 18.3 Å². The molecule has 5 rings (SSSR count). The second kappa shape index (κ2) is 9.21. The van der Waals surface area contributed by atoms with Crippen LogP contribution in [-0.4, -0.2) is 40.1 Å². The average molecular weight is 479 g/mol. The monoisotopic (exact) mass is 478 g/mol. The summed E-state index contributed by atoms with van der Waals surface area (Å²) in [5, 5.41) is 0. The third kappa shape index (κ3) is 4.11. The number of benzene rings is 1. The van der Waals surface area contributed by atoms with Crippen LogP contribution < -0.4 is 20.1 Å². The highest BCUT2D eigenvalue weighted by atomic mass is 19.1. The van der Waals surface area contributed by atoms with Crippen molar-refractivity contribution in [3.63, 3.8) is 0 Å². The molecular formula is C25H24F2N6O2. The van der Waals surface area contributed by atoms with Crippen molar-refractivity contribution >= 4 is 17.0 Å². The van der Waals surface area contributed by atoms with E-state index in [1.807, 2.05) is 4.90 Å². The Morgan fingerprint density at radius 3 is 2.69 bits per heavy atom. The zero-order chi connectivity index (χ0) is 24.5. The SMILES string of the molecule is COc1cc2nc(C(=CN)c3nccc(N4CCCC4c4cc(F)ccc4F)n3)cn2cc1OC. The van der Waals surface area contributed by atoms with Crippen molar-refractivity contribution in [1.82, 2.24) is 19.4 Å². The number of imidazole rings is 1. The number of rotatable bonds is 6. The molecule has 0 spiro atoms. The van der Waals surface area contributed by atoms with Crippen molar-refractivity contribution in [3.05, 3.63) is 83.8 Å². The predicted molar refractivity (Wildman–Crippen MR) is 127 cm³/mol. The zero-order valence-corrected chi connectivity index (χ0v) is 19.3. The Bertz CT molecular complexity index is 1380. The van der Waals surface area contributed by atoms with Gasteiger partial charge in [0.25, 0.3) is 0 Å². The van der Waals surface area contributed by atoms with Crippen molar-refractivity contribution in [2.45, 2.75) is 18.9 Å². The van der Waals surface area contributed by atoms with Crippen LogP contribution in [0.2, 0.25) is 0 Å². The van der Waals surface area contributed by atoms with Gasteiger partial charge in [0.05, 0.1) is 37.7 Å². The molecule has 8 nitrogen and oxygen atoms in total. The van der Waals surface area contributed by atoms with E-state index < -0.39 is 11.6 Å². The molecule has 0 amide bonds. The highest BCUT2D eigenvalue weighted by molar-refractivity contribution is 5.75. The second-order valence-electron chi connectivity index (χ2n) is 8.14. The second-order valence-corrected chi connectivity index (χ2v) is 8.14. The van der Waals surface area contributed by atoms with Crippen LogP contribution in [0.15, 0.2) is 55.1 Å². The highest BCUT2D eigenvalue weighted by Crippen LogP contribution is 2.37. The number of nitrogens with zero attached hydrogens (tertiary/aromatic N) is 5. The Balaban J connectivity index is 1.50. The first kappa shape index (κ1) is 22.6. The summed E-state index contributed by atoms with van der Waals surface area (Å²) in [6.07, 6.45) is 8.11. The van der Waals surface area contributed by atoms with Gasteiger partial charge in [0.15, 0.2) is 17.3 Å². The summed E-state index contributed by atoms with van der Waals surface area (Å²) in [6, 6.07) is 6.73. The normalized spacial score (nSPS) is 16.2. The van der Waals surface area contributed by atoms with E-state index in [0.717, 1.165) is 18.6 Å². The molecule has 1 aliphatic rings. The van der Waals surface area contributed by atoms with Gasteiger partial charge in [-0.25, -0.2) is 23.7 Å². The lowest BCUT2D eigenvalue weighted by Gasteiger charge is -2.26. The first-order valence-corrected chi connectivity index (χ1v) is 11.1. The number of methoxy groups -OCH3 is 2. The Morgan fingerprint density at radius 2 is 1.91 bits per heavy atom. The lowest BCUT2D eigenvalue weighted by molar-refractivity contribution is 0.353. The first-order chi connectivity index (χ1) is 17.0. The summed E-state index contributed by atoms with van der Waals surface area (Å²) in [5.41, 5.74) is 8.03. The fourth-order valence-corrected chi connectivity index (χ4v) is 4.49. The van der Waals surface area contributed by atoms with E-state index >= 15 is 0 Å². The van der Waals surface area contributed by atoms with Gasteiger partial charge in [-0.15, -0.1) is 0 Å². The van der Waals surface area contributed by atoms with E-state index in [4.69, 9.17) is 20.2 Å². The Labute approximate surface area is 200 Å². The lowest BCUT2D eigenvalue weighted by atomic mass is 10.0. The molecule has 0 saturated carbocycles. The molecule has 0 aliphatic carbocycles. The molecule has 2 N–H and O–H groups in total. The molecule has 1 unspecified atom stereocenters. The largest absolute Gasteiger partial charge is 0.493 e. The van der Waals surface area contributed by atoms with Crippen LogP contribution in [0.3, 0.4) is 0 Å². The van der Waals surface area contributed by atoms with Gasteiger partial charge >= 0.3 is 0 Å². The van der Waals surface area contributed by atoms with Gasteiger partial charge in [0.2, 0.25) is 0 Å². The van der Waals surface area contributed by atoms with Crippen LogP contribution in [0.25, 0.3) is 11.2 Å². The smallest absolute Gasteiger partial charge is 0.177 e.